The minimum atomic E-state index is 0.579. The van der Waals surface area contributed by atoms with E-state index in [1.807, 2.05) is 0 Å². The van der Waals surface area contributed by atoms with Gasteiger partial charge >= 0.3 is 0 Å². The Morgan fingerprint density at radius 2 is 2.17 bits per heavy atom. The molecule has 1 heterocycles. The standard InChI is InChI=1S/C9H14N2O/c1-3-4-5-8-6-11-9(12-2)7-10-8/h6-7H,3-5H2,1-2H3. The minimum Gasteiger partial charge on any atom is -0.480 e. The molecule has 0 radical (unpaired) electrons. The molecule has 0 N–H and O–H groups in total. The van der Waals surface area contributed by atoms with Crippen LogP contribution < -0.4 is 4.74 Å². The molecule has 1 aromatic heterocycles. The van der Waals surface area contributed by atoms with E-state index in [1.165, 1.54) is 12.8 Å². The number of nitrogens with zero attached hydrogens (tertiary/aromatic N) is 2. The van der Waals surface area contributed by atoms with Gasteiger partial charge in [0.25, 0.3) is 0 Å². The monoisotopic (exact) mass is 166 g/mol. The molecule has 0 spiro atoms. The van der Waals surface area contributed by atoms with E-state index < -0.39 is 0 Å². The molecule has 3 heteroatoms. The molecular weight excluding hydrogens is 152 g/mol. The van der Waals surface area contributed by atoms with Crippen molar-refractivity contribution < 1.29 is 4.74 Å². The van der Waals surface area contributed by atoms with E-state index in [9.17, 15) is 0 Å². The number of aryl methyl sites for hydroxylation is 1. The molecule has 3 nitrogen and oxygen atoms in total. The highest BCUT2D eigenvalue weighted by Gasteiger charge is 1.95. The molecule has 0 saturated heterocycles. The molecule has 1 rings (SSSR count). The van der Waals surface area contributed by atoms with Gasteiger partial charge in [-0.25, -0.2) is 4.98 Å². The molecular formula is C9H14N2O. The zero-order chi connectivity index (χ0) is 8.81. The van der Waals surface area contributed by atoms with Crippen LogP contribution in [0.3, 0.4) is 0 Å². The summed E-state index contributed by atoms with van der Waals surface area (Å²) in [6.07, 6.45) is 6.79. The second kappa shape index (κ2) is 4.70. The highest BCUT2D eigenvalue weighted by molar-refractivity contribution is 5.06. The van der Waals surface area contributed by atoms with Crippen molar-refractivity contribution >= 4 is 0 Å². The van der Waals surface area contributed by atoms with Gasteiger partial charge < -0.3 is 4.74 Å². The van der Waals surface area contributed by atoms with Crippen LogP contribution in [0.5, 0.6) is 5.88 Å². The quantitative estimate of drug-likeness (QED) is 0.684. The van der Waals surface area contributed by atoms with E-state index >= 15 is 0 Å². The second-order valence-electron chi connectivity index (χ2n) is 2.65. The van der Waals surface area contributed by atoms with Gasteiger partial charge in [-0.3, -0.25) is 4.98 Å². The van der Waals surface area contributed by atoms with Crippen molar-refractivity contribution in [2.75, 3.05) is 7.11 Å². The summed E-state index contributed by atoms with van der Waals surface area (Å²) in [5.41, 5.74) is 1.04. The van der Waals surface area contributed by atoms with Crippen LogP contribution in [0.2, 0.25) is 0 Å². The third kappa shape index (κ3) is 2.49. The van der Waals surface area contributed by atoms with Gasteiger partial charge in [-0.1, -0.05) is 13.3 Å². The Labute approximate surface area is 72.8 Å². The van der Waals surface area contributed by atoms with E-state index in [1.54, 1.807) is 19.5 Å². The van der Waals surface area contributed by atoms with Crippen molar-refractivity contribution in [3.05, 3.63) is 18.1 Å². The molecule has 66 valence electrons. The summed E-state index contributed by atoms with van der Waals surface area (Å²) in [4.78, 5) is 8.26. The summed E-state index contributed by atoms with van der Waals surface area (Å²) >= 11 is 0. The summed E-state index contributed by atoms with van der Waals surface area (Å²) in [6.45, 7) is 2.16. The molecule has 0 amide bonds. The lowest BCUT2D eigenvalue weighted by Gasteiger charge is -1.99. The Morgan fingerprint density at radius 3 is 2.67 bits per heavy atom. The molecule has 0 aliphatic carbocycles. The molecule has 0 bridgehead atoms. The molecule has 0 aliphatic heterocycles. The molecule has 1 aromatic rings. The Kier molecular flexibility index (Phi) is 3.51. The van der Waals surface area contributed by atoms with Crippen molar-refractivity contribution in [3.63, 3.8) is 0 Å². The van der Waals surface area contributed by atoms with E-state index in [0.29, 0.717) is 5.88 Å². The lowest BCUT2D eigenvalue weighted by molar-refractivity contribution is 0.395. The summed E-state index contributed by atoms with van der Waals surface area (Å²) in [7, 11) is 1.59. The fourth-order valence-corrected chi connectivity index (χ4v) is 0.935. The SMILES string of the molecule is CCCCc1cnc(OC)cn1. The van der Waals surface area contributed by atoms with E-state index in [2.05, 4.69) is 16.9 Å². The topological polar surface area (TPSA) is 35.0 Å². The predicted octanol–water partition coefficient (Wildman–Crippen LogP) is 1.83. The molecule has 0 fully saturated rings. The highest BCUT2D eigenvalue weighted by atomic mass is 16.5. The van der Waals surface area contributed by atoms with Crippen molar-refractivity contribution in [1.82, 2.24) is 9.97 Å². The highest BCUT2D eigenvalue weighted by Crippen LogP contribution is 2.04. The van der Waals surface area contributed by atoms with Gasteiger partial charge in [0.15, 0.2) is 0 Å². The number of unbranched alkanes of at least 4 members (excludes halogenated alkanes) is 1. The summed E-state index contributed by atoms with van der Waals surface area (Å²) in [5, 5.41) is 0. The fourth-order valence-electron chi connectivity index (χ4n) is 0.935. The van der Waals surface area contributed by atoms with Crippen LogP contribution in [0.1, 0.15) is 25.5 Å². The van der Waals surface area contributed by atoms with Crippen LogP contribution in [0.4, 0.5) is 0 Å². The van der Waals surface area contributed by atoms with Gasteiger partial charge in [-0.15, -0.1) is 0 Å². The molecule has 0 atom stereocenters. The van der Waals surface area contributed by atoms with E-state index in [4.69, 9.17) is 4.74 Å². The number of hydrogen-bond donors (Lipinski definition) is 0. The van der Waals surface area contributed by atoms with Crippen LogP contribution in [0, 0.1) is 0 Å². The first kappa shape index (κ1) is 8.97. The number of ether oxygens (including phenoxy) is 1. The van der Waals surface area contributed by atoms with Gasteiger partial charge in [-0.05, 0) is 12.8 Å². The second-order valence-corrected chi connectivity index (χ2v) is 2.65. The Balaban J connectivity index is 2.53. The largest absolute Gasteiger partial charge is 0.480 e. The van der Waals surface area contributed by atoms with E-state index in [0.717, 1.165) is 12.1 Å². The van der Waals surface area contributed by atoms with Crippen molar-refractivity contribution in [3.8, 4) is 5.88 Å². The Hall–Kier alpha value is -1.12. The van der Waals surface area contributed by atoms with Crippen LogP contribution in [0.25, 0.3) is 0 Å². The van der Waals surface area contributed by atoms with Gasteiger partial charge in [-0.2, -0.15) is 0 Å². The maximum atomic E-state index is 4.90. The molecule has 0 aromatic carbocycles. The van der Waals surface area contributed by atoms with Crippen LogP contribution in [0.15, 0.2) is 12.4 Å². The lowest BCUT2D eigenvalue weighted by atomic mass is 10.2. The molecule has 0 aliphatic rings. The summed E-state index contributed by atoms with van der Waals surface area (Å²) in [6, 6.07) is 0. The van der Waals surface area contributed by atoms with Gasteiger partial charge in [0.05, 0.1) is 25.2 Å². The van der Waals surface area contributed by atoms with Crippen LogP contribution in [-0.4, -0.2) is 17.1 Å². The van der Waals surface area contributed by atoms with Crippen molar-refractivity contribution in [1.29, 1.82) is 0 Å². The number of hydrogen-bond acceptors (Lipinski definition) is 3. The van der Waals surface area contributed by atoms with E-state index in [-0.39, 0.29) is 0 Å². The third-order valence-electron chi connectivity index (χ3n) is 1.68. The zero-order valence-corrected chi connectivity index (χ0v) is 7.58. The van der Waals surface area contributed by atoms with Gasteiger partial charge in [0, 0.05) is 0 Å². The van der Waals surface area contributed by atoms with Crippen molar-refractivity contribution in [2.45, 2.75) is 26.2 Å². The van der Waals surface area contributed by atoms with Gasteiger partial charge in [0.2, 0.25) is 5.88 Å². The fraction of sp³-hybridized carbons (Fsp3) is 0.556. The zero-order valence-electron chi connectivity index (χ0n) is 7.58. The number of methoxy groups -OCH3 is 1. The minimum absolute atomic E-state index is 0.579. The first-order valence-electron chi connectivity index (χ1n) is 4.21. The average molecular weight is 166 g/mol. The normalized spacial score (nSPS) is 9.83. The smallest absolute Gasteiger partial charge is 0.231 e. The maximum absolute atomic E-state index is 4.90. The maximum Gasteiger partial charge on any atom is 0.231 e. The molecule has 0 saturated carbocycles. The van der Waals surface area contributed by atoms with Crippen LogP contribution >= 0.6 is 0 Å². The number of aromatic nitrogens is 2. The third-order valence-corrected chi connectivity index (χ3v) is 1.68. The first-order chi connectivity index (χ1) is 5.86. The van der Waals surface area contributed by atoms with Gasteiger partial charge in [0.1, 0.15) is 0 Å². The average Bonchev–Trinajstić information content (AvgIpc) is 2.15. The Morgan fingerprint density at radius 1 is 1.33 bits per heavy atom. The predicted molar refractivity (Wildman–Crippen MR) is 47.2 cm³/mol. The Bertz CT molecular complexity index is 220. The summed E-state index contributed by atoms with van der Waals surface area (Å²) < 4.78 is 4.90. The first-order valence-corrected chi connectivity index (χ1v) is 4.21. The van der Waals surface area contributed by atoms with Crippen molar-refractivity contribution in [2.24, 2.45) is 0 Å². The molecule has 12 heavy (non-hydrogen) atoms. The lowest BCUT2D eigenvalue weighted by Crippen LogP contribution is -1.93. The molecule has 0 unspecified atom stereocenters. The summed E-state index contributed by atoms with van der Waals surface area (Å²) in [5.74, 6) is 0.579. The number of rotatable bonds is 4. The van der Waals surface area contributed by atoms with Crippen LogP contribution in [-0.2, 0) is 6.42 Å².